The molecule has 0 amide bonds. The molecule has 32 heavy (non-hydrogen) atoms. The molecule has 2 aromatic carbocycles. The fourth-order valence-corrected chi connectivity index (χ4v) is 3.88. The Morgan fingerprint density at radius 2 is 1.69 bits per heavy atom. The van der Waals surface area contributed by atoms with Crippen LogP contribution in [-0.2, 0) is 4.74 Å². The van der Waals surface area contributed by atoms with Gasteiger partial charge in [-0.2, -0.15) is 0 Å². The molecule has 170 valence electrons. The summed E-state index contributed by atoms with van der Waals surface area (Å²) in [6, 6.07) is 7.46. The number of hydrogen-bond acceptors (Lipinski definition) is 10. The number of phenolic OH excluding ortho intramolecular Hbond substituents is 2. The largest absolute Gasteiger partial charge is 0.507 e. The topological polar surface area (TPSA) is 170 Å². The second-order valence-corrected chi connectivity index (χ2v) is 7.49. The van der Waals surface area contributed by atoms with Crippen molar-refractivity contribution in [3.05, 3.63) is 52.4 Å². The van der Waals surface area contributed by atoms with Crippen molar-refractivity contribution in [3.8, 4) is 28.4 Å². The molecule has 1 aromatic heterocycles. The molecule has 2 heterocycles. The molecule has 1 aliphatic rings. The van der Waals surface area contributed by atoms with Gasteiger partial charge in [-0.25, -0.2) is 0 Å². The molecule has 0 saturated carbocycles. The van der Waals surface area contributed by atoms with Gasteiger partial charge in [-0.3, -0.25) is 4.79 Å². The normalized spacial score (nSPS) is 25.7. The summed E-state index contributed by atoms with van der Waals surface area (Å²) in [4.78, 5) is 13.2. The summed E-state index contributed by atoms with van der Waals surface area (Å²) in [7, 11) is 1.50. The fourth-order valence-electron chi connectivity index (χ4n) is 3.88. The van der Waals surface area contributed by atoms with Gasteiger partial charge in [0.05, 0.1) is 24.8 Å². The van der Waals surface area contributed by atoms with E-state index in [1.807, 2.05) is 0 Å². The first-order valence-corrected chi connectivity index (χ1v) is 9.73. The zero-order chi connectivity index (χ0) is 23.2. The Morgan fingerprint density at radius 3 is 2.31 bits per heavy atom. The molecule has 1 saturated heterocycles. The number of ether oxygens (including phenoxy) is 2. The van der Waals surface area contributed by atoms with Crippen molar-refractivity contribution in [2.24, 2.45) is 0 Å². The Morgan fingerprint density at radius 1 is 1.00 bits per heavy atom. The Hall–Kier alpha value is -3.15. The lowest BCUT2D eigenvalue weighted by molar-refractivity contribution is -0.231. The molecule has 5 atom stereocenters. The molecule has 3 aromatic rings. The lowest BCUT2D eigenvalue weighted by Gasteiger charge is -2.40. The van der Waals surface area contributed by atoms with E-state index in [4.69, 9.17) is 13.9 Å². The quantitative estimate of drug-likeness (QED) is 0.330. The van der Waals surface area contributed by atoms with Crippen molar-refractivity contribution in [1.29, 1.82) is 0 Å². The van der Waals surface area contributed by atoms with E-state index < -0.39 is 54.1 Å². The molecular weight excluding hydrogens is 424 g/mol. The molecule has 0 spiro atoms. The SMILES string of the molecule is COc1ccc(-c2coc3c(C4OC(CO)C(O)C(O)C4O)c(O)cc(O)c3c2=O)cc1. The van der Waals surface area contributed by atoms with Gasteiger partial charge in [0.25, 0.3) is 0 Å². The Kier molecular flexibility index (Phi) is 5.80. The van der Waals surface area contributed by atoms with Crippen molar-refractivity contribution in [3.63, 3.8) is 0 Å². The van der Waals surface area contributed by atoms with Crippen LogP contribution in [-0.4, -0.2) is 68.8 Å². The summed E-state index contributed by atoms with van der Waals surface area (Å²) < 4.78 is 16.2. The van der Waals surface area contributed by atoms with Gasteiger partial charge in [0.1, 0.15) is 59.4 Å². The zero-order valence-corrected chi connectivity index (χ0v) is 16.9. The van der Waals surface area contributed by atoms with Crippen LogP contribution in [0.15, 0.2) is 45.8 Å². The predicted molar refractivity (Wildman–Crippen MR) is 111 cm³/mol. The van der Waals surface area contributed by atoms with E-state index in [1.165, 1.54) is 7.11 Å². The highest BCUT2D eigenvalue weighted by Crippen LogP contribution is 2.43. The van der Waals surface area contributed by atoms with Gasteiger partial charge in [0.15, 0.2) is 5.58 Å². The number of methoxy groups -OCH3 is 1. The van der Waals surface area contributed by atoms with E-state index in [1.54, 1.807) is 24.3 Å². The highest BCUT2D eigenvalue weighted by molar-refractivity contribution is 5.91. The molecule has 1 fully saturated rings. The fraction of sp³-hybridized carbons (Fsp3) is 0.318. The van der Waals surface area contributed by atoms with Crippen LogP contribution in [0.25, 0.3) is 22.1 Å². The monoisotopic (exact) mass is 446 g/mol. The molecule has 1 aliphatic heterocycles. The van der Waals surface area contributed by atoms with Crippen LogP contribution in [0.2, 0.25) is 0 Å². The number of rotatable bonds is 4. The average Bonchev–Trinajstić information content (AvgIpc) is 2.79. The molecule has 10 nitrogen and oxygen atoms in total. The molecule has 4 rings (SSSR count). The number of hydrogen-bond donors (Lipinski definition) is 6. The first kappa shape index (κ1) is 22.1. The molecule has 5 unspecified atom stereocenters. The minimum absolute atomic E-state index is 0.126. The van der Waals surface area contributed by atoms with E-state index in [-0.39, 0.29) is 22.1 Å². The third kappa shape index (κ3) is 3.48. The van der Waals surface area contributed by atoms with E-state index >= 15 is 0 Å². The van der Waals surface area contributed by atoms with E-state index in [2.05, 4.69) is 0 Å². The van der Waals surface area contributed by atoms with Crippen LogP contribution in [0.1, 0.15) is 11.7 Å². The molecular formula is C22H22O10. The van der Waals surface area contributed by atoms with Gasteiger partial charge in [0, 0.05) is 6.07 Å². The number of aromatic hydroxyl groups is 2. The lowest BCUT2D eigenvalue weighted by Crippen LogP contribution is -2.55. The minimum atomic E-state index is -1.72. The maximum absolute atomic E-state index is 13.2. The summed E-state index contributed by atoms with van der Waals surface area (Å²) in [6.07, 6.45) is -6.61. The third-order valence-electron chi connectivity index (χ3n) is 5.62. The van der Waals surface area contributed by atoms with Crippen LogP contribution in [0.5, 0.6) is 17.2 Å². The van der Waals surface area contributed by atoms with Crippen LogP contribution in [0.3, 0.4) is 0 Å². The maximum Gasteiger partial charge on any atom is 0.204 e. The molecule has 0 radical (unpaired) electrons. The standard InChI is InChI=1S/C22H22O10/c1-30-10-4-2-9(3-5-10)11-8-31-21-15(17(11)26)12(24)6-13(25)16(21)22-20(29)19(28)18(27)14(7-23)32-22/h2-6,8,14,18-20,22-25,27-29H,7H2,1H3. The van der Waals surface area contributed by atoms with Gasteiger partial charge < -0.3 is 44.5 Å². The zero-order valence-electron chi connectivity index (χ0n) is 16.9. The number of fused-ring (bicyclic) bond motifs is 1. The maximum atomic E-state index is 13.2. The van der Waals surface area contributed by atoms with E-state index in [0.29, 0.717) is 11.3 Å². The van der Waals surface area contributed by atoms with E-state index in [0.717, 1.165) is 12.3 Å². The first-order chi connectivity index (χ1) is 15.3. The Bertz CT molecular complexity index is 1180. The van der Waals surface area contributed by atoms with Gasteiger partial charge >= 0.3 is 0 Å². The van der Waals surface area contributed by atoms with Crippen molar-refractivity contribution >= 4 is 11.0 Å². The second-order valence-electron chi connectivity index (χ2n) is 7.49. The second kappa shape index (κ2) is 8.41. The van der Waals surface area contributed by atoms with Crippen LogP contribution < -0.4 is 10.2 Å². The average molecular weight is 446 g/mol. The Balaban J connectivity index is 1.90. The number of aliphatic hydroxyl groups excluding tert-OH is 4. The highest BCUT2D eigenvalue weighted by Gasteiger charge is 2.46. The summed E-state index contributed by atoms with van der Waals surface area (Å²) in [5.41, 5.74) is -0.480. The van der Waals surface area contributed by atoms with Gasteiger partial charge in [-0.15, -0.1) is 0 Å². The number of phenols is 2. The molecule has 0 bridgehead atoms. The van der Waals surface area contributed by atoms with E-state index in [9.17, 15) is 35.4 Å². The van der Waals surface area contributed by atoms with Gasteiger partial charge in [-0.1, -0.05) is 12.1 Å². The minimum Gasteiger partial charge on any atom is -0.507 e. The van der Waals surface area contributed by atoms with Gasteiger partial charge in [0.2, 0.25) is 5.43 Å². The summed E-state index contributed by atoms with van der Waals surface area (Å²) in [6.45, 7) is -0.677. The van der Waals surface area contributed by atoms with Crippen molar-refractivity contribution < 1.29 is 44.5 Å². The van der Waals surface area contributed by atoms with Crippen LogP contribution in [0.4, 0.5) is 0 Å². The molecule has 6 N–H and O–H groups in total. The predicted octanol–water partition coefficient (Wildman–Crippen LogP) is 0.395. The summed E-state index contributed by atoms with van der Waals surface area (Å²) >= 11 is 0. The van der Waals surface area contributed by atoms with Crippen LogP contribution >= 0.6 is 0 Å². The lowest BCUT2D eigenvalue weighted by atomic mass is 9.89. The van der Waals surface area contributed by atoms with Crippen LogP contribution in [0, 0.1) is 0 Å². The first-order valence-electron chi connectivity index (χ1n) is 9.73. The number of benzene rings is 2. The van der Waals surface area contributed by atoms with Crippen molar-refractivity contribution in [1.82, 2.24) is 0 Å². The molecule has 0 aliphatic carbocycles. The molecule has 10 heteroatoms. The highest BCUT2D eigenvalue weighted by atomic mass is 16.5. The Labute approximate surface area is 181 Å². The van der Waals surface area contributed by atoms with Crippen molar-refractivity contribution in [2.45, 2.75) is 30.5 Å². The summed E-state index contributed by atoms with van der Waals surface area (Å²) in [5.74, 6) is -0.550. The van der Waals surface area contributed by atoms with Gasteiger partial charge in [-0.05, 0) is 17.7 Å². The number of aliphatic hydroxyl groups is 4. The smallest absolute Gasteiger partial charge is 0.204 e. The summed E-state index contributed by atoms with van der Waals surface area (Å²) in [5, 5.41) is 60.6. The third-order valence-corrected chi connectivity index (χ3v) is 5.62. The van der Waals surface area contributed by atoms with Crippen molar-refractivity contribution in [2.75, 3.05) is 13.7 Å².